The van der Waals surface area contributed by atoms with Gasteiger partial charge < -0.3 is 25.6 Å². The molecule has 0 saturated heterocycles. The summed E-state index contributed by atoms with van der Waals surface area (Å²) >= 11 is 0. The van der Waals surface area contributed by atoms with Gasteiger partial charge >= 0.3 is 11.9 Å². The van der Waals surface area contributed by atoms with Crippen molar-refractivity contribution in [3.05, 3.63) is 52.6 Å². The molecule has 27 heavy (non-hydrogen) atoms. The summed E-state index contributed by atoms with van der Waals surface area (Å²) in [6.45, 7) is 0. The molecule has 2 aromatic carbocycles. The standard InChI is InChI=1S/C20H24N2O5/c1-21-16-9-12(7-8-14(16)19(23)24)5-4-6-13-10-17(22-2)15(20(25)26)11-18(13)27-3/h7-11,21-22H,4-6H2,1-3H3,(H,23,24)(H,25,26). The first kappa shape index (κ1) is 20.1. The van der Waals surface area contributed by atoms with E-state index in [4.69, 9.17) is 4.74 Å². The Bertz CT molecular complexity index is 849. The van der Waals surface area contributed by atoms with Crippen molar-refractivity contribution in [1.29, 1.82) is 0 Å². The van der Waals surface area contributed by atoms with Crippen molar-refractivity contribution in [2.75, 3.05) is 31.8 Å². The summed E-state index contributed by atoms with van der Waals surface area (Å²) in [6, 6.07) is 8.59. The molecule has 0 radical (unpaired) electrons. The van der Waals surface area contributed by atoms with Crippen LogP contribution in [0.4, 0.5) is 11.4 Å². The molecule has 0 saturated carbocycles. The molecule has 7 heteroatoms. The van der Waals surface area contributed by atoms with Gasteiger partial charge in [0.1, 0.15) is 5.75 Å². The second-order valence-corrected chi connectivity index (χ2v) is 6.05. The summed E-state index contributed by atoms with van der Waals surface area (Å²) in [6.07, 6.45) is 2.27. The Morgan fingerprint density at radius 3 is 2.11 bits per heavy atom. The number of anilines is 2. The van der Waals surface area contributed by atoms with Crippen LogP contribution >= 0.6 is 0 Å². The number of aromatic carboxylic acids is 2. The first-order valence-electron chi connectivity index (χ1n) is 8.57. The summed E-state index contributed by atoms with van der Waals surface area (Å²) in [7, 11) is 4.90. The van der Waals surface area contributed by atoms with Crippen molar-refractivity contribution >= 4 is 23.3 Å². The molecule has 4 N–H and O–H groups in total. The first-order valence-corrected chi connectivity index (χ1v) is 8.57. The lowest BCUT2D eigenvalue weighted by atomic mass is 9.99. The van der Waals surface area contributed by atoms with Gasteiger partial charge in [-0.3, -0.25) is 0 Å². The highest BCUT2D eigenvalue weighted by atomic mass is 16.5. The van der Waals surface area contributed by atoms with Gasteiger partial charge in [-0.05, 0) is 54.7 Å². The van der Waals surface area contributed by atoms with Crippen LogP contribution in [-0.4, -0.2) is 43.4 Å². The molecule has 0 unspecified atom stereocenters. The lowest BCUT2D eigenvalue weighted by Gasteiger charge is -2.14. The molecule has 0 aliphatic heterocycles. The average Bonchev–Trinajstić information content (AvgIpc) is 2.66. The Labute approximate surface area is 158 Å². The van der Waals surface area contributed by atoms with E-state index in [0.717, 1.165) is 24.0 Å². The molecule has 0 bridgehead atoms. The highest BCUT2D eigenvalue weighted by Gasteiger charge is 2.15. The van der Waals surface area contributed by atoms with Crippen LogP contribution in [0, 0.1) is 0 Å². The van der Waals surface area contributed by atoms with Crippen LogP contribution in [0.3, 0.4) is 0 Å². The zero-order chi connectivity index (χ0) is 20.0. The minimum atomic E-state index is -1.01. The number of benzene rings is 2. The van der Waals surface area contributed by atoms with E-state index < -0.39 is 11.9 Å². The van der Waals surface area contributed by atoms with Crippen molar-refractivity contribution < 1.29 is 24.5 Å². The van der Waals surface area contributed by atoms with E-state index in [0.29, 0.717) is 23.5 Å². The van der Waals surface area contributed by atoms with Gasteiger partial charge in [0, 0.05) is 25.5 Å². The molecule has 0 aliphatic rings. The predicted octanol–water partition coefficient (Wildman–Crippen LogP) is 3.35. The summed E-state index contributed by atoms with van der Waals surface area (Å²) < 4.78 is 5.35. The average molecular weight is 372 g/mol. The van der Waals surface area contributed by atoms with Gasteiger partial charge in [-0.1, -0.05) is 6.07 Å². The fourth-order valence-corrected chi connectivity index (χ4v) is 3.02. The SMILES string of the molecule is CNc1cc(CCCc2cc(NC)c(C(=O)O)cc2OC)ccc1C(=O)O. The van der Waals surface area contributed by atoms with E-state index >= 15 is 0 Å². The highest BCUT2D eigenvalue weighted by Crippen LogP contribution is 2.29. The Morgan fingerprint density at radius 2 is 1.56 bits per heavy atom. The van der Waals surface area contributed by atoms with Crippen LogP contribution in [0.15, 0.2) is 30.3 Å². The summed E-state index contributed by atoms with van der Waals surface area (Å²) in [5, 5.41) is 24.3. The molecule has 0 aromatic heterocycles. The number of carboxylic acids is 2. The van der Waals surface area contributed by atoms with E-state index in [2.05, 4.69) is 10.6 Å². The second kappa shape index (κ2) is 8.93. The highest BCUT2D eigenvalue weighted by molar-refractivity contribution is 5.95. The first-order chi connectivity index (χ1) is 12.9. The molecule has 0 spiro atoms. The molecule has 7 nitrogen and oxygen atoms in total. The quantitative estimate of drug-likeness (QED) is 0.534. The molecule has 0 heterocycles. The number of carboxylic acid groups (broad SMARTS) is 2. The van der Waals surface area contributed by atoms with Crippen molar-refractivity contribution in [1.82, 2.24) is 0 Å². The number of methoxy groups -OCH3 is 1. The third-order valence-corrected chi connectivity index (χ3v) is 4.42. The Hall–Kier alpha value is -3.22. The minimum absolute atomic E-state index is 0.168. The Kier molecular flexibility index (Phi) is 6.65. The van der Waals surface area contributed by atoms with Crippen molar-refractivity contribution in [2.45, 2.75) is 19.3 Å². The van der Waals surface area contributed by atoms with Gasteiger partial charge in [0.15, 0.2) is 0 Å². The number of carbonyl (C=O) groups is 2. The number of hydrogen-bond donors (Lipinski definition) is 4. The molecule has 0 amide bonds. The Morgan fingerprint density at radius 1 is 0.926 bits per heavy atom. The topological polar surface area (TPSA) is 108 Å². The number of ether oxygens (including phenoxy) is 1. The summed E-state index contributed by atoms with van der Waals surface area (Å²) in [5.41, 5.74) is 3.48. The third kappa shape index (κ3) is 4.69. The lowest BCUT2D eigenvalue weighted by Crippen LogP contribution is -2.06. The second-order valence-electron chi connectivity index (χ2n) is 6.05. The normalized spacial score (nSPS) is 10.3. The van der Waals surface area contributed by atoms with Gasteiger partial charge in [0.2, 0.25) is 0 Å². The van der Waals surface area contributed by atoms with Crippen LogP contribution in [0.2, 0.25) is 0 Å². The minimum Gasteiger partial charge on any atom is -0.496 e. The number of hydrogen-bond acceptors (Lipinski definition) is 5. The molecule has 2 rings (SSSR count). The van der Waals surface area contributed by atoms with Crippen molar-refractivity contribution in [3.63, 3.8) is 0 Å². The number of aryl methyl sites for hydroxylation is 2. The molecule has 0 fully saturated rings. The summed E-state index contributed by atoms with van der Waals surface area (Å²) in [4.78, 5) is 22.5. The zero-order valence-electron chi connectivity index (χ0n) is 15.6. The number of rotatable bonds is 9. The maximum atomic E-state index is 11.4. The fourth-order valence-electron chi connectivity index (χ4n) is 3.02. The van der Waals surface area contributed by atoms with Gasteiger partial charge in [-0.25, -0.2) is 9.59 Å². The predicted molar refractivity (Wildman–Crippen MR) is 104 cm³/mol. The van der Waals surface area contributed by atoms with E-state index in [1.54, 1.807) is 26.2 Å². The van der Waals surface area contributed by atoms with E-state index in [-0.39, 0.29) is 11.1 Å². The van der Waals surface area contributed by atoms with Gasteiger partial charge in [0.25, 0.3) is 0 Å². The van der Waals surface area contributed by atoms with Gasteiger partial charge in [0.05, 0.1) is 18.2 Å². The molecule has 2 aromatic rings. The van der Waals surface area contributed by atoms with Crippen LogP contribution < -0.4 is 15.4 Å². The maximum absolute atomic E-state index is 11.4. The van der Waals surface area contributed by atoms with Crippen LogP contribution in [0.5, 0.6) is 5.75 Å². The van der Waals surface area contributed by atoms with Gasteiger partial charge in [-0.2, -0.15) is 0 Å². The monoisotopic (exact) mass is 372 g/mol. The molecule has 0 atom stereocenters. The molecule has 0 aliphatic carbocycles. The largest absolute Gasteiger partial charge is 0.496 e. The smallest absolute Gasteiger partial charge is 0.337 e. The molecular weight excluding hydrogens is 348 g/mol. The van der Waals surface area contributed by atoms with Gasteiger partial charge in [-0.15, -0.1) is 0 Å². The van der Waals surface area contributed by atoms with Crippen LogP contribution in [-0.2, 0) is 12.8 Å². The van der Waals surface area contributed by atoms with E-state index in [1.807, 2.05) is 12.1 Å². The Balaban J connectivity index is 2.15. The van der Waals surface area contributed by atoms with Crippen LogP contribution in [0.25, 0.3) is 0 Å². The maximum Gasteiger partial charge on any atom is 0.337 e. The fraction of sp³-hybridized carbons (Fsp3) is 0.300. The van der Waals surface area contributed by atoms with Crippen LogP contribution in [0.1, 0.15) is 38.3 Å². The van der Waals surface area contributed by atoms with E-state index in [9.17, 15) is 19.8 Å². The third-order valence-electron chi connectivity index (χ3n) is 4.42. The van der Waals surface area contributed by atoms with Crippen molar-refractivity contribution in [2.24, 2.45) is 0 Å². The molecular formula is C20H24N2O5. The zero-order valence-corrected chi connectivity index (χ0v) is 15.6. The summed E-state index contributed by atoms with van der Waals surface area (Å²) in [5.74, 6) is -1.43. The van der Waals surface area contributed by atoms with Crippen molar-refractivity contribution in [3.8, 4) is 5.75 Å². The molecule has 144 valence electrons. The number of nitrogens with one attached hydrogen (secondary N) is 2. The van der Waals surface area contributed by atoms with E-state index in [1.165, 1.54) is 13.2 Å². The lowest BCUT2D eigenvalue weighted by molar-refractivity contribution is 0.0687.